The number of amides is 1. The van der Waals surface area contributed by atoms with E-state index in [1.807, 2.05) is 0 Å². The summed E-state index contributed by atoms with van der Waals surface area (Å²) in [6.07, 6.45) is 0. The second-order valence-electron chi connectivity index (χ2n) is 2.71. The van der Waals surface area contributed by atoms with E-state index in [1.165, 1.54) is 18.2 Å². The first kappa shape index (κ1) is 10.7. The van der Waals surface area contributed by atoms with Crippen molar-refractivity contribution in [3.8, 4) is 0 Å². The minimum Gasteiger partial charge on any atom is -0.347 e. The summed E-state index contributed by atoms with van der Waals surface area (Å²) in [5, 5.41) is 2.82. The SMILES string of the molecule is C=C(Cl)CNC(=O)c1cccc(F)c1. The summed E-state index contributed by atoms with van der Waals surface area (Å²) in [7, 11) is 0. The van der Waals surface area contributed by atoms with Gasteiger partial charge in [0.05, 0.1) is 6.54 Å². The molecule has 0 saturated heterocycles. The molecule has 2 nitrogen and oxygen atoms in total. The molecule has 1 N–H and O–H groups in total. The van der Waals surface area contributed by atoms with Crippen molar-refractivity contribution in [2.75, 3.05) is 6.54 Å². The van der Waals surface area contributed by atoms with Gasteiger partial charge in [-0.15, -0.1) is 0 Å². The Morgan fingerprint density at radius 2 is 2.29 bits per heavy atom. The summed E-state index contributed by atoms with van der Waals surface area (Å²) in [6, 6.07) is 5.43. The molecule has 0 aliphatic carbocycles. The van der Waals surface area contributed by atoms with E-state index in [0.29, 0.717) is 5.03 Å². The van der Waals surface area contributed by atoms with Crippen molar-refractivity contribution in [3.05, 3.63) is 47.3 Å². The highest BCUT2D eigenvalue weighted by Crippen LogP contribution is 2.03. The first-order valence-electron chi connectivity index (χ1n) is 3.96. The summed E-state index contributed by atoms with van der Waals surface area (Å²) < 4.78 is 12.7. The van der Waals surface area contributed by atoms with Crippen LogP contribution in [0.15, 0.2) is 35.9 Å². The number of benzene rings is 1. The van der Waals surface area contributed by atoms with Crippen molar-refractivity contribution >= 4 is 17.5 Å². The van der Waals surface area contributed by atoms with Crippen molar-refractivity contribution < 1.29 is 9.18 Å². The topological polar surface area (TPSA) is 29.1 Å². The Labute approximate surface area is 86.4 Å². The van der Waals surface area contributed by atoms with Crippen molar-refractivity contribution in [2.45, 2.75) is 0 Å². The zero-order valence-corrected chi connectivity index (χ0v) is 8.14. The Hall–Kier alpha value is -1.35. The molecule has 0 aromatic heterocycles. The second-order valence-corrected chi connectivity index (χ2v) is 3.24. The average molecular weight is 214 g/mol. The van der Waals surface area contributed by atoms with Gasteiger partial charge in [0.2, 0.25) is 0 Å². The van der Waals surface area contributed by atoms with Crippen LogP contribution in [0.4, 0.5) is 4.39 Å². The number of hydrogen-bond donors (Lipinski definition) is 1. The maximum absolute atomic E-state index is 12.7. The Morgan fingerprint density at radius 1 is 1.57 bits per heavy atom. The molecular weight excluding hydrogens is 205 g/mol. The Kier molecular flexibility index (Phi) is 3.65. The van der Waals surface area contributed by atoms with Crippen molar-refractivity contribution in [1.82, 2.24) is 5.32 Å². The van der Waals surface area contributed by atoms with Crippen molar-refractivity contribution in [1.29, 1.82) is 0 Å². The molecule has 0 aliphatic rings. The molecule has 0 unspecified atom stereocenters. The van der Waals surface area contributed by atoms with Crippen LogP contribution in [0, 0.1) is 5.82 Å². The smallest absolute Gasteiger partial charge is 0.251 e. The highest BCUT2D eigenvalue weighted by atomic mass is 35.5. The highest BCUT2D eigenvalue weighted by Gasteiger charge is 2.05. The molecule has 74 valence electrons. The minimum atomic E-state index is -0.442. The fourth-order valence-electron chi connectivity index (χ4n) is 0.908. The molecule has 1 aromatic rings. The zero-order valence-electron chi connectivity index (χ0n) is 7.39. The van der Waals surface area contributed by atoms with Crippen LogP contribution in [-0.2, 0) is 0 Å². The summed E-state index contributed by atoms with van der Waals surface area (Å²) in [5.74, 6) is -0.811. The van der Waals surface area contributed by atoms with E-state index in [1.54, 1.807) is 0 Å². The van der Waals surface area contributed by atoms with Crippen LogP contribution in [0.3, 0.4) is 0 Å². The molecule has 0 fully saturated rings. The number of rotatable bonds is 3. The van der Waals surface area contributed by atoms with Gasteiger partial charge in [-0.25, -0.2) is 4.39 Å². The lowest BCUT2D eigenvalue weighted by molar-refractivity contribution is 0.0957. The second kappa shape index (κ2) is 4.77. The predicted octanol–water partition coefficient (Wildman–Crippen LogP) is 2.31. The molecule has 4 heteroatoms. The normalized spacial score (nSPS) is 9.57. The number of carbonyl (C=O) groups is 1. The third kappa shape index (κ3) is 3.18. The summed E-state index contributed by atoms with van der Waals surface area (Å²) in [5.41, 5.74) is 0.267. The average Bonchev–Trinajstić information content (AvgIpc) is 2.14. The standard InChI is InChI=1S/C10H9ClFNO/c1-7(11)6-13-10(14)8-3-2-4-9(12)5-8/h2-5H,1,6H2,(H,13,14). The number of nitrogens with one attached hydrogen (secondary N) is 1. The van der Waals surface area contributed by atoms with Crippen LogP contribution in [-0.4, -0.2) is 12.5 Å². The molecule has 0 aliphatic heterocycles. The molecule has 0 atom stereocenters. The molecular formula is C10H9ClFNO. The van der Waals surface area contributed by atoms with E-state index in [2.05, 4.69) is 11.9 Å². The largest absolute Gasteiger partial charge is 0.347 e. The lowest BCUT2D eigenvalue weighted by Gasteiger charge is -2.03. The van der Waals surface area contributed by atoms with E-state index in [0.717, 1.165) is 6.07 Å². The Balaban J connectivity index is 2.65. The van der Waals surface area contributed by atoms with Gasteiger partial charge in [0, 0.05) is 10.6 Å². The first-order chi connectivity index (χ1) is 6.59. The molecule has 14 heavy (non-hydrogen) atoms. The van der Waals surface area contributed by atoms with Gasteiger partial charge in [0.15, 0.2) is 0 Å². The van der Waals surface area contributed by atoms with Gasteiger partial charge in [-0.3, -0.25) is 4.79 Å². The molecule has 0 bridgehead atoms. The van der Waals surface area contributed by atoms with Gasteiger partial charge in [0.25, 0.3) is 5.91 Å². The van der Waals surface area contributed by atoms with E-state index < -0.39 is 5.82 Å². The van der Waals surface area contributed by atoms with Crippen LogP contribution >= 0.6 is 11.6 Å². The van der Waals surface area contributed by atoms with Gasteiger partial charge < -0.3 is 5.32 Å². The van der Waals surface area contributed by atoms with Gasteiger partial charge in [-0.1, -0.05) is 24.2 Å². The Morgan fingerprint density at radius 3 is 2.86 bits per heavy atom. The van der Waals surface area contributed by atoms with Gasteiger partial charge >= 0.3 is 0 Å². The summed E-state index contributed by atoms with van der Waals surface area (Å²) in [4.78, 5) is 11.3. The molecule has 1 aromatic carbocycles. The minimum absolute atomic E-state index is 0.177. The summed E-state index contributed by atoms with van der Waals surface area (Å²) in [6.45, 7) is 3.59. The lowest BCUT2D eigenvalue weighted by atomic mass is 10.2. The quantitative estimate of drug-likeness (QED) is 0.820. The zero-order chi connectivity index (χ0) is 10.6. The fourth-order valence-corrected chi connectivity index (χ4v) is 0.975. The van der Waals surface area contributed by atoms with E-state index >= 15 is 0 Å². The maximum atomic E-state index is 12.7. The summed E-state index contributed by atoms with van der Waals surface area (Å²) >= 11 is 5.46. The van der Waals surface area contributed by atoms with E-state index in [9.17, 15) is 9.18 Å². The van der Waals surface area contributed by atoms with Crippen LogP contribution in [0.5, 0.6) is 0 Å². The van der Waals surface area contributed by atoms with Gasteiger partial charge in [0.1, 0.15) is 5.82 Å². The monoisotopic (exact) mass is 213 g/mol. The van der Waals surface area contributed by atoms with Gasteiger partial charge in [-0.2, -0.15) is 0 Å². The molecule has 0 radical (unpaired) electrons. The molecule has 1 amide bonds. The van der Waals surface area contributed by atoms with Crippen molar-refractivity contribution in [3.63, 3.8) is 0 Å². The number of carbonyl (C=O) groups excluding carboxylic acids is 1. The van der Waals surface area contributed by atoms with Crippen LogP contribution in [0.2, 0.25) is 0 Å². The third-order valence-electron chi connectivity index (χ3n) is 1.53. The Bertz CT molecular complexity index is 365. The molecule has 1 rings (SSSR count). The van der Waals surface area contributed by atoms with Crippen LogP contribution in [0.1, 0.15) is 10.4 Å². The highest BCUT2D eigenvalue weighted by molar-refractivity contribution is 6.29. The lowest BCUT2D eigenvalue weighted by Crippen LogP contribution is -2.24. The third-order valence-corrected chi connectivity index (χ3v) is 1.66. The number of halogens is 2. The number of hydrogen-bond acceptors (Lipinski definition) is 1. The van der Waals surface area contributed by atoms with Crippen LogP contribution in [0.25, 0.3) is 0 Å². The molecule has 0 heterocycles. The first-order valence-corrected chi connectivity index (χ1v) is 4.34. The predicted molar refractivity (Wildman–Crippen MR) is 53.7 cm³/mol. The van der Waals surface area contributed by atoms with Crippen molar-refractivity contribution in [2.24, 2.45) is 0 Å². The molecule has 0 saturated carbocycles. The van der Waals surface area contributed by atoms with Gasteiger partial charge in [-0.05, 0) is 18.2 Å². The van der Waals surface area contributed by atoms with E-state index in [-0.39, 0.29) is 18.0 Å². The van der Waals surface area contributed by atoms with Crippen LogP contribution < -0.4 is 5.32 Å². The molecule has 0 spiro atoms. The fraction of sp³-hybridized carbons (Fsp3) is 0.100. The maximum Gasteiger partial charge on any atom is 0.251 e. The van der Waals surface area contributed by atoms with E-state index in [4.69, 9.17) is 11.6 Å².